The Labute approximate surface area is 297 Å². The second-order valence-corrected chi connectivity index (χ2v) is 13.1. The number of fused-ring (bicyclic) bond motifs is 10. The first-order chi connectivity index (χ1) is 25.8. The van der Waals surface area contributed by atoms with E-state index in [9.17, 15) is 0 Å². The average Bonchev–Trinajstić information content (AvgIpc) is 3.77. The second kappa shape index (κ2) is 11.2. The van der Waals surface area contributed by atoms with Crippen molar-refractivity contribution in [1.82, 2.24) is 24.5 Å². The van der Waals surface area contributed by atoms with Crippen molar-refractivity contribution >= 4 is 65.4 Å². The van der Waals surface area contributed by atoms with Gasteiger partial charge in [-0.2, -0.15) is 0 Å². The third kappa shape index (κ3) is 4.31. The summed E-state index contributed by atoms with van der Waals surface area (Å²) in [7, 11) is 0. The summed E-state index contributed by atoms with van der Waals surface area (Å²) in [5, 5.41) is 8.12. The van der Waals surface area contributed by atoms with E-state index in [0.29, 0.717) is 17.4 Å². The molecule has 0 fully saturated rings. The number of benzene rings is 7. The maximum atomic E-state index is 6.54. The van der Waals surface area contributed by atoms with Crippen LogP contribution in [0.15, 0.2) is 168 Å². The molecule has 11 aromatic rings. The van der Waals surface area contributed by atoms with Crippen molar-refractivity contribution in [2.45, 2.75) is 0 Å². The van der Waals surface area contributed by atoms with Crippen LogP contribution in [0.2, 0.25) is 0 Å². The van der Waals surface area contributed by atoms with Crippen LogP contribution in [0.5, 0.6) is 0 Å². The van der Waals surface area contributed by atoms with Gasteiger partial charge in [-0.3, -0.25) is 4.57 Å². The molecule has 0 aliphatic rings. The topological polar surface area (TPSA) is 69.6 Å². The quantitative estimate of drug-likeness (QED) is 0.187. The minimum atomic E-state index is 0.534. The molecule has 6 heteroatoms. The Morgan fingerprint density at radius 1 is 0.462 bits per heavy atom. The lowest BCUT2D eigenvalue weighted by Crippen LogP contribution is -2.02. The standard InChI is InChI=1S/C46H27N5O/c1-3-11-28(12-4-1)32-19-22-36-39(25-32)52-44-42(31-15-5-2-6-16-31)49-45(50-43(36)44)33-26-47-46(48-27-33)51-37-23-20-29-13-7-9-17-34(29)40(37)41-35-18-10-8-14-30(35)21-24-38(41)51/h1-27H. The normalized spacial score (nSPS) is 11.8. The SMILES string of the molecule is c1ccc(-c2ccc3c(c2)oc2c(-c4ccccc4)nc(-c4cnc(-n5c6ccc7ccccc7c6c6c7ccccc7ccc65)nc4)nc23)cc1. The van der Waals surface area contributed by atoms with Crippen LogP contribution in [-0.4, -0.2) is 24.5 Å². The van der Waals surface area contributed by atoms with Crippen LogP contribution in [0.25, 0.3) is 105 Å². The molecule has 7 aromatic carbocycles. The minimum Gasteiger partial charge on any atom is -0.452 e. The van der Waals surface area contributed by atoms with Crippen LogP contribution in [0.3, 0.4) is 0 Å². The van der Waals surface area contributed by atoms with Crippen molar-refractivity contribution in [3.05, 3.63) is 164 Å². The van der Waals surface area contributed by atoms with Gasteiger partial charge in [0, 0.05) is 34.1 Å². The van der Waals surface area contributed by atoms with Crippen LogP contribution in [0, 0.1) is 0 Å². The zero-order valence-corrected chi connectivity index (χ0v) is 27.7. The molecule has 0 bridgehead atoms. The molecule has 0 saturated carbocycles. The van der Waals surface area contributed by atoms with E-state index in [0.717, 1.165) is 55.5 Å². The third-order valence-electron chi connectivity index (χ3n) is 10.1. The molecule has 4 heterocycles. The molecule has 0 aliphatic carbocycles. The van der Waals surface area contributed by atoms with Crippen molar-refractivity contribution in [3.63, 3.8) is 0 Å². The maximum Gasteiger partial charge on any atom is 0.234 e. The summed E-state index contributed by atoms with van der Waals surface area (Å²) < 4.78 is 8.71. The van der Waals surface area contributed by atoms with Gasteiger partial charge in [-0.15, -0.1) is 0 Å². The van der Waals surface area contributed by atoms with E-state index in [4.69, 9.17) is 24.4 Å². The molecule has 52 heavy (non-hydrogen) atoms. The van der Waals surface area contributed by atoms with E-state index in [2.05, 4.69) is 108 Å². The lowest BCUT2D eigenvalue weighted by molar-refractivity contribution is 0.667. The van der Waals surface area contributed by atoms with Crippen LogP contribution in [-0.2, 0) is 0 Å². The highest BCUT2D eigenvalue weighted by Gasteiger charge is 2.21. The summed E-state index contributed by atoms with van der Waals surface area (Å²) in [5.74, 6) is 1.12. The van der Waals surface area contributed by atoms with E-state index in [-0.39, 0.29) is 0 Å². The number of rotatable bonds is 4. The monoisotopic (exact) mass is 665 g/mol. The summed E-state index contributed by atoms with van der Waals surface area (Å²) in [6.45, 7) is 0. The van der Waals surface area contributed by atoms with E-state index in [1.54, 1.807) is 0 Å². The van der Waals surface area contributed by atoms with Crippen LogP contribution in [0.4, 0.5) is 0 Å². The van der Waals surface area contributed by atoms with Crippen molar-refractivity contribution in [3.8, 4) is 39.7 Å². The van der Waals surface area contributed by atoms with Gasteiger partial charge in [-0.1, -0.05) is 127 Å². The first-order valence-electron chi connectivity index (χ1n) is 17.3. The minimum absolute atomic E-state index is 0.534. The zero-order valence-electron chi connectivity index (χ0n) is 27.7. The smallest absolute Gasteiger partial charge is 0.234 e. The number of aromatic nitrogens is 5. The fraction of sp³-hybridized carbons (Fsp3) is 0. The Bertz CT molecular complexity index is 3070. The molecule has 11 rings (SSSR count). The molecule has 0 spiro atoms. The summed E-state index contributed by atoms with van der Waals surface area (Å²) in [5.41, 5.74) is 8.87. The molecule has 0 unspecified atom stereocenters. The lowest BCUT2D eigenvalue weighted by atomic mass is 10.00. The van der Waals surface area contributed by atoms with Gasteiger partial charge in [-0.25, -0.2) is 19.9 Å². The van der Waals surface area contributed by atoms with Gasteiger partial charge in [0.1, 0.15) is 16.8 Å². The Morgan fingerprint density at radius 2 is 1.06 bits per heavy atom. The van der Waals surface area contributed by atoms with Gasteiger partial charge in [0.15, 0.2) is 11.4 Å². The Balaban J connectivity index is 1.10. The number of hydrogen-bond donors (Lipinski definition) is 0. The van der Waals surface area contributed by atoms with Crippen LogP contribution in [0.1, 0.15) is 0 Å². The second-order valence-electron chi connectivity index (χ2n) is 13.1. The Hall–Kier alpha value is -7.18. The fourth-order valence-corrected chi connectivity index (χ4v) is 7.69. The fourth-order valence-electron chi connectivity index (χ4n) is 7.69. The predicted octanol–water partition coefficient (Wildman–Crippen LogP) is 11.6. The summed E-state index contributed by atoms with van der Waals surface area (Å²) in [6.07, 6.45) is 3.65. The zero-order chi connectivity index (χ0) is 34.2. The molecule has 6 nitrogen and oxygen atoms in total. The molecule has 242 valence electrons. The highest BCUT2D eigenvalue weighted by Crippen LogP contribution is 2.41. The predicted molar refractivity (Wildman–Crippen MR) is 211 cm³/mol. The lowest BCUT2D eigenvalue weighted by Gasteiger charge is -2.08. The summed E-state index contributed by atoms with van der Waals surface area (Å²) in [6, 6.07) is 52.5. The van der Waals surface area contributed by atoms with Gasteiger partial charge in [0.05, 0.1) is 16.6 Å². The molecular formula is C46H27N5O. The molecule has 0 saturated heterocycles. The maximum absolute atomic E-state index is 6.54. The van der Waals surface area contributed by atoms with E-state index >= 15 is 0 Å². The molecule has 0 amide bonds. The first kappa shape index (κ1) is 28.6. The van der Waals surface area contributed by atoms with Crippen molar-refractivity contribution in [2.75, 3.05) is 0 Å². The van der Waals surface area contributed by atoms with Gasteiger partial charge in [0.2, 0.25) is 5.95 Å². The van der Waals surface area contributed by atoms with E-state index < -0.39 is 0 Å². The molecule has 0 N–H and O–H groups in total. The third-order valence-corrected chi connectivity index (χ3v) is 10.1. The van der Waals surface area contributed by atoms with Crippen molar-refractivity contribution < 1.29 is 4.42 Å². The molecule has 0 aliphatic heterocycles. The number of furan rings is 1. The molecule has 0 radical (unpaired) electrons. The van der Waals surface area contributed by atoms with Gasteiger partial charge < -0.3 is 4.42 Å². The highest BCUT2D eigenvalue weighted by atomic mass is 16.3. The van der Waals surface area contributed by atoms with Crippen LogP contribution >= 0.6 is 0 Å². The molecule has 4 aromatic heterocycles. The largest absolute Gasteiger partial charge is 0.452 e. The Kier molecular flexibility index (Phi) is 6.15. The van der Waals surface area contributed by atoms with Crippen molar-refractivity contribution in [1.29, 1.82) is 0 Å². The van der Waals surface area contributed by atoms with Gasteiger partial charge in [-0.05, 0) is 56.9 Å². The highest BCUT2D eigenvalue weighted by molar-refractivity contribution is 6.28. The van der Waals surface area contributed by atoms with Crippen molar-refractivity contribution in [2.24, 2.45) is 0 Å². The molecule has 0 atom stereocenters. The molecular weight excluding hydrogens is 639 g/mol. The average molecular weight is 666 g/mol. The van der Waals surface area contributed by atoms with E-state index in [1.165, 1.54) is 32.3 Å². The van der Waals surface area contributed by atoms with Gasteiger partial charge in [0.25, 0.3) is 0 Å². The van der Waals surface area contributed by atoms with Crippen LogP contribution < -0.4 is 0 Å². The number of nitrogens with zero attached hydrogens (tertiary/aromatic N) is 5. The van der Waals surface area contributed by atoms with Gasteiger partial charge >= 0.3 is 0 Å². The number of hydrogen-bond acceptors (Lipinski definition) is 5. The summed E-state index contributed by atoms with van der Waals surface area (Å²) in [4.78, 5) is 20.1. The first-order valence-corrected chi connectivity index (χ1v) is 17.3. The Morgan fingerprint density at radius 3 is 1.71 bits per heavy atom. The summed E-state index contributed by atoms with van der Waals surface area (Å²) >= 11 is 0. The van der Waals surface area contributed by atoms with E-state index in [1.807, 2.05) is 60.9 Å².